The Labute approximate surface area is 164 Å². The van der Waals surface area contributed by atoms with Crippen molar-refractivity contribution in [3.05, 3.63) is 65.2 Å². The van der Waals surface area contributed by atoms with Crippen LogP contribution in [0.25, 0.3) is 22.4 Å². The maximum Gasteiger partial charge on any atom is 0.251 e. The fourth-order valence-corrected chi connectivity index (χ4v) is 3.91. The first kappa shape index (κ1) is 18.7. The molecule has 1 aliphatic rings. The van der Waals surface area contributed by atoms with E-state index in [0.717, 1.165) is 35.5 Å². The third-order valence-corrected chi connectivity index (χ3v) is 5.69. The average Bonchev–Trinajstić information content (AvgIpc) is 3.12. The SMILES string of the molecule is CN1CCC(O)(Cn2cc(-c3ccnn3C)c(-c3ccccc3)cc2=O)CC1. The molecule has 0 atom stereocenters. The monoisotopic (exact) mass is 378 g/mol. The van der Waals surface area contributed by atoms with Gasteiger partial charge in [-0.3, -0.25) is 9.48 Å². The van der Waals surface area contributed by atoms with Crippen LogP contribution in [0.4, 0.5) is 0 Å². The summed E-state index contributed by atoms with van der Waals surface area (Å²) in [5.74, 6) is 0. The molecule has 4 rings (SSSR count). The molecule has 1 saturated heterocycles. The molecule has 0 radical (unpaired) electrons. The zero-order chi connectivity index (χ0) is 19.7. The minimum atomic E-state index is -0.853. The number of rotatable bonds is 4. The molecule has 6 heteroatoms. The molecule has 2 aromatic heterocycles. The molecule has 0 spiro atoms. The Hall–Kier alpha value is -2.70. The van der Waals surface area contributed by atoms with Gasteiger partial charge in [0.05, 0.1) is 17.8 Å². The highest BCUT2D eigenvalue weighted by Gasteiger charge is 2.32. The summed E-state index contributed by atoms with van der Waals surface area (Å²) in [7, 11) is 3.95. The molecule has 0 saturated carbocycles. The zero-order valence-corrected chi connectivity index (χ0v) is 16.4. The largest absolute Gasteiger partial charge is 0.388 e. The molecule has 0 bridgehead atoms. The summed E-state index contributed by atoms with van der Waals surface area (Å²) < 4.78 is 3.46. The van der Waals surface area contributed by atoms with E-state index in [1.54, 1.807) is 21.5 Å². The van der Waals surface area contributed by atoms with Crippen LogP contribution in [0, 0.1) is 0 Å². The molecule has 0 aliphatic carbocycles. The van der Waals surface area contributed by atoms with Crippen molar-refractivity contribution in [3.63, 3.8) is 0 Å². The van der Waals surface area contributed by atoms with Crippen LogP contribution in [0.2, 0.25) is 0 Å². The quantitative estimate of drug-likeness (QED) is 0.757. The molecule has 28 heavy (non-hydrogen) atoms. The first-order chi connectivity index (χ1) is 13.5. The van der Waals surface area contributed by atoms with Crippen LogP contribution < -0.4 is 5.56 Å². The number of pyridine rings is 1. The van der Waals surface area contributed by atoms with Gasteiger partial charge in [-0.15, -0.1) is 0 Å². The average molecular weight is 378 g/mol. The summed E-state index contributed by atoms with van der Waals surface area (Å²) in [4.78, 5) is 15.1. The number of aromatic nitrogens is 3. The van der Waals surface area contributed by atoms with Gasteiger partial charge in [0.15, 0.2) is 0 Å². The lowest BCUT2D eigenvalue weighted by atomic mass is 9.91. The Morgan fingerprint density at radius 3 is 2.43 bits per heavy atom. The van der Waals surface area contributed by atoms with Crippen molar-refractivity contribution in [2.75, 3.05) is 20.1 Å². The molecule has 3 aromatic rings. The number of hydrogen-bond donors (Lipinski definition) is 1. The molecule has 3 heterocycles. The number of likely N-dealkylation sites (tertiary alicyclic amines) is 1. The van der Waals surface area contributed by atoms with Crippen molar-refractivity contribution in [3.8, 4) is 22.4 Å². The zero-order valence-electron chi connectivity index (χ0n) is 16.4. The van der Waals surface area contributed by atoms with Crippen molar-refractivity contribution in [2.45, 2.75) is 25.0 Å². The van der Waals surface area contributed by atoms with Gasteiger partial charge >= 0.3 is 0 Å². The van der Waals surface area contributed by atoms with Crippen LogP contribution in [-0.4, -0.2) is 50.1 Å². The Balaban J connectivity index is 1.79. The van der Waals surface area contributed by atoms with E-state index in [1.807, 2.05) is 49.6 Å². The lowest BCUT2D eigenvalue weighted by molar-refractivity contribution is -0.0297. The highest BCUT2D eigenvalue weighted by molar-refractivity contribution is 5.81. The molecule has 0 amide bonds. The highest BCUT2D eigenvalue weighted by Crippen LogP contribution is 2.31. The highest BCUT2D eigenvalue weighted by atomic mass is 16.3. The lowest BCUT2D eigenvalue weighted by Crippen LogP contribution is -2.46. The van der Waals surface area contributed by atoms with Gasteiger partial charge in [-0.25, -0.2) is 0 Å². The van der Waals surface area contributed by atoms with Crippen molar-refractivity contribution in [1.29, 1.82) is 0 Å². The fraction of sp³-hybridized carbons (Fsp3) is 0.364. The second-order valence-electron chi connectivity index (χ2n) is 7.80. The van der Waals surface area contributed by atoms with Gasteiger partial charge in [0.2, 0.25) is 0 Å². The molecule has 1 aromatic carbocycles. The van der Waals surface area contributed by atoms with E-state index in [-0.39, 0.29) is 5.56 Å². The van der Waals surface area contributed by atoms with Gasteiger partial charge in [-0.05, 0) is 37.1 Å². The van der Waals surface area contributed by atoms with Gasteiger partial charge in [0.1, 0.15) is 0 Å². The third-order valence-electron chi connectivity index (χ3n) is 5.69. The molecule has 1 fully saturated rings. The second kappa shape index (κ2) is 7.37. The molecule has 1 N–H and O–H groups in total. The number of benzene rings is 1. The van der Waals surface area contributed by atoms with Crippen molar-refractivity contribution < 1.29 is 5.11 Å². The van der Waals surface area contributed by atoms with Crippen LogP contribution in [-0.2, 0) is 13.6 Å². The van der Waals surface area contributed by atoms with E-state index < -0.39 is 5.60 Å². The molecule has 0 unspecified atom stereocenters. The van der Waals surface area contributed by atoms with Gasteiger partial charge in [0.25, 0.3) is 5.56 Å². The molecular formula is C22H26N4O2. The van der Waals surface area contributed by atoms with Gasteiger partial charge in [0, 0.05) is 44.2 Å². The Morgan fingerprint density at radius 1 is 1.07 bits per heavy atom. The van der Waals surface area contributed by atoms with Crippen LogP contribution >= 0.6 is 0 Å². The van der Waals surface area contributed by atoms with E-state index in [1.165, 1.54) is 0 Å². The topological polar surface area (TPSA) is 63.3 Å². The Morgan fingerprint density at radius 2 is 1.79 bits per heavy atom. The van der Waals surface area contributed by atoms with Crippen LogP contribution in [0.3, 0.4) is 0 Å². The van der Waals surface area contributed by atoms with Crippen molar-refractivity contribution >= 4 is 0 Å². The first-order valence-corrected chi connectivity index (χ1v) is 9.64. The molecule has 146 valence electrons. The summed E-state index contributed by atoms with van der Waals surface area (Å²) in [6, 6.07) is 13.5. The second-order valence-corrected chi connectivity index (χ2v) is 7.80. The Bertz CT molecular complexity index is 1010. The van der Waals surface area contributed by atoms with E-state index in [9.17, 15) is 9.90 Å². The van der Waals surface area contributed by atoms with Gasteiger partial charge < -0.3 is 14.6 Å². The molecule has 6 nitrogen and oxygen atoms in total. The van der Waals surface area contributed by atoms with Crippen LogP contribution in [0.5, 0.6) is 0 Å². The number of nitrogens with zero attached hydrogens (tertiary/aromatic N) is 4. The smallest absolute Gasteiger partial charge is 0.251 e. The van der Waals surface area contributed by atoms with Crippen molar-refractivity contribution in [2.24, 2.45) is 7.05 Å². The first-order valence-electron chi connectivity index (χ1n) is 9.64. The minimum Gasteiger partial charge on any atom is -0.388 e. The van der Waals surface area contributed by atoms with E-state index in [4.69, 9.17) is 0 Å². The maximum atomic E-state index is 12.9. The minimum absolute atomic E-state index is 0.0999. The molecule has 1 aliphatic heterocycles. The summed E-state index contributed by atoms with van der Waals surface area (Å²) >= 11 is 0. The van der Waals surface area contributed by atoms with Crippen LogP contribution in [0.15, 0.2) is 59.7 Å². The normalized spacial score (nSPS) is 17.0. The van der Waals surface area contributed by atoms with Crippen LogP contribution in [0.1, 0.15) is 12.8 Å². The summed E-state index contributed by atoms with van der Waals surface area (Å²) in [6.45, 7) is 1.98. The van der Waals surface area contributed by atoms with Gasteiger partial charge in [-0.2, -0.15) is 5.10 Å². The standard InChI is InChI=1S/C22H26N4O2/c1-24-12-9-22(28,10-13-24)16-26-15-19(20-8-11-23-25(20)2)18(14-21(26)27)17-6-4-3-5-7-17/h3-8,11,14-15,28H,9-10,12-13,16H2,1-2H3. The van der Waals surface area contributed by atoms with Gasteiger partial charge in [-0.1, -0.05) is 30.3 Å². The predicted molar refractivity (Wildman–Crippen MR) is 110 cm³/mol. The number of piperidine rings is 1. The summed E-state index contributed by atoms with van der Waals surface area (Å²) in [6.07, 6.45) is 4.96. The van der Waals surface area contributed by atoms with E-state index in [0.29, 0.717) is 19.4 Å². The predicted octanol–water partition coefficient (Wildman–Crippen LogP) is 2.37. The molecular weight excluding hydrogens is 352 g/mol. The number of aliphatic hydroxyl groups is 1. The number of hydrogen-bond acceptors (Lipinski definition) is 4. The van der Waals surface area contributed by atoms with Crippen molar-refractivity contribution in [1.82, 2.24) is 19.2 Å². The lowest BCUT2D eigenvalue weighted by Gasteiger charge is -2.37. The maximum absolute atomic E-state index is 12.9. The number of aryl methyl sites for hydroxylation is 1. The summed E-state index contributed by atoms with van der Waals surface area (Å²) in [5, 5.41) is 15.3. The fourth-order valence-electron chi connectivity index (χ4n) is 3.91. The van der Waals surface area contributed by atoms with E-state index >= 15 is 0 Å². The Kier molecular flexibility index (Phi) is 4.91. The summed E-state index contributed by atoms with van der Waals surface area (Å²) in [5.41, 5.74) is 2.78. The van der Waals surface area contributed by atoms with E-state index in [2.05, 4.69) is 17.0 Å². The third kappa shape index (κ3) is 3.66.